The highest BCUT2D eigenvalue weighted by molar-refractivity contribution is 14.0. The molecule has 2 aliphatic rings. The second-order valence-electron chi connectivity index (χ2n) is 7.24. The molecule has 3 rings (SSSR count). The normalized spacial score (nSPS) is 18.4. The number of hydrogen-bond donors (Lipinski definition) is 1. The van der Waals surface area contributed by atoms with Crippen molar-refractivity contribution >= 4 is 47.4 Å². The average molecular weight is 520 g/mol. The summed E-state index contributed by atoms with van der Waals surface area (Å²) in [5, 5.41) is 4.14. The largest absolute Gasteiger partial charge is 0.356 e. The maximum atomic E-state index is 12.6. The standard InChI is InChI=1S/C20H30ClN5O.HI/c1-22-20(23-9-4-12-24-10-2-3-11-24)26-14-13-25(19(27)16-26)15-17-5-7-18(21)8-6-17;/h5-8H,2-4,9-16H2,1H3,(H,22,23);1H. The topological polar surface area (TPSA) is 51.2 Å². The van der Waals surface area contributed by atoms with Gasteiger partial charge in [0.1, 0.15) is 0 Å². The van der Waals surface area contributed by atoms with Crippen LogP contribution in [0.1, 0.15) is 24.8 Å². The van der Waals surface area contributed by atoms with Gasteiger partial charge >= 0.3 is 0 Å². The Hall–Kier alpha value is -1.06. The van der Waals surface area contributed by atoms with Crippen LogP contribution in [0.25, 0.3) is 0 Å². The first-order chi connectivity index (χ1) is 13.2. The van der Waals surface area contributed by atoms with Gasteiger partial charge in [-0.05, 0) is 56.6 Å². The fourth-order valence-corrected chi connectivity index (χ4v) is 3.83. The summed E-state index contributed by atoms with van der Waals surface area (Å²) >= 11 is 5.93. The number of guanidine groups is 1. The highest BCUT2D eigenvalue weighted by Gasteiger charge is 2.25. The Bertz CT molecular complexity index is 649. The van der Waals surface area contributed by atoms with Gasteiger partial charge in [0.15, 0.2) is 5.96 Å². The van der Waals surface area contributed by atoms with Crippen LogP contribution in [-0.2, 0) is 11.3 Å². The van der Waals surface area contributed by atoms with Gasteiger partial charge in [-0.1, -0.05) is 23.7 Å². The van der Waals surface area contributed by atoms with Gasteiger partial charge in [0.05, 0.1) is 6.54 Å². The van der Waals surface area contributed by atoms with Crippen molar-refractivity contribution in [1.82, 2.24) is 20.0 Å². The number of amides is 1. The molecule has 0 saturated carbocycles. The zero-order valence-corrected chi connectivity index (χ0v) is 19.7. The molecule has 6 nitrogen and oxygen atoms in total. The molecule has 0 aromatic heterocycles. The number of carbonyl (C=O) groups is 1. The minimum atomic E-state index is 0. The minimum Gasteiger partial charge on any atom is -0.356 e. The molecule has 0 spiro atoms. The summed E-state index contributed by atoms with van der Waals surface area (Å²) in [6.45, 7) is 7.00. The molecule has 0 unspecified atom stereocenters. The van der Waals surface area contributed by atoms with E-state index in [4.69, 9.17) is 11.6 Å². The van der Waals surface area contributed by atoms with E-state index >= 15 is 0 Å². The van der Waals surface area contributed by atoms with Crippen LogP contribution < -0.4 is 5.32 Å². The molecule has 0 radical (unpaired) electrons. The van der Waals surface area contributed by atoms with E-state index < -0.39 is 0 Å². The molecule has 2 aliphatic heterocycles. The van der Waals surface area contributed by atoms with Gasteiger partial charge in [-0.3, -0.25) is 9.79 Å². The second kappa shape index (κ2) is 11.8. The summed E-state index contributed by atoms with van der Waals surface area (Å²) in [4.78, 5) is 23.4. The summed E-state index contributed by atoms with van der Waals surface area (Å²) in [5.74, 6) is 0.965. The van der Waals surface area contributed by atoms with Crippen LogP contribution in [-0.4, -0.2) is 79.4 Å². The van der Waals surface area contributed by atoms with E-state index in [0.717, 1.165) is 42.6 Å². The molecule has 8 heteroatoms. The van der Waals surface area contributed by atoms with Crippen LogP contribution in [0.2, 0.25) is 5.02 Å². The van der Waals surface area contributed by atoms with Gasteiger partial charge in [-0.25, -0.2) is 0 Å². The number of piperazine rings is 1. The molecule has 2 saturated heterocycles. The SMILES string of the molecule is CN=C(NCCCN1CCCC1)N1CCN(Cc2ccc(Cl)cc2)C(=O)C1.I. The quantitative estimate of drug-likeness (QED) is 0.272. The molecule has 2 heterocycles. The predicted molar refractivity (Wildman–Crippen MR) is 126 cm³/mol. The van der Waals surface area contributed by atoms with Gasteiger partial charge < -0.3 is 20.0 Å². The van der Waals surface area contributed by atoms with Gasteiger partial charge in [0.2, 0.25) is 5.91 Å². The molecule has 1 aromatic carbocycles. The Labute approximate surface area is 190 Å². The number of benzene rings is 1. The van der Waals surface area contributed by atoms with E-state index in [0.29, 0.717) is 19.6 Å². The summed E-state index contributed by atoms with van der Waals surface area (Å²) in [5.41, 5.74) is 1.10. The van der Waals surface area contributed by atoms with Crippen molar-refractivity contribution in [3.63, 3.8) is 0 Å². The molecular weight excluding hydrogens is 489 g/mol. The third-order valence-corrected chi connectivity index (χ3v) is 5.50. The predicted octanol–water partition coefficient (Wildman–Crippen LogP) is 2.66. The smallest absolute Gasteiger partial charge is 0.242 e. The molecular formula is C20H31ClIN5O. The molecule has 1 N–H and O–H groups in total. The number of hydrogen-bond acceptors (Lipinski definition) is 3. The van der Waals surface area contributed by atoms with Crippen molar-refractivity contribution in [2.75, 3.05) is 52.9 Å². The van der Waals surface area contributed by atoms with Crippen molar-refractivity contribution in [3.05, 3.63) is 34.9 Å². The van der Waals surface area contributed by atoms with Gasteiger partial charge in [0.25, 0.3) is 0 Å². The maximum absolute atomic E-state index is 12.6. The first kappa shape index (κ1) is 23.2. The summed E-state index contributed by atoms with van der Waals surface area (Å²) < 4.78 is 0. The first-order valence-electron chi connectivity index (χ1n) is 9.86. The Balaban J connectivity index is 0.00000280. The molecule has 0 atom stereocenters. The van der Waals surface area contributed by atoms with Crippen molar-refractivity contribution in [2.24, 2.45) is 4.99 Å². The highest BCUT2D eigenvalue weighted by Crippen LogP contribution is 2.13. The molecule has 156 valence electrons. The number of aliphatic imine (C=N–C) groups is 1. The fraction of sp³-hybridized carbons (Fsp3) is 0.600. The maximum Gasteiger partial charge on any atom is 0.242 e. The molecule has 1 aromatic rings. The van der Waals surface area contributed by atoms with Crippen LogP contribution in [0.4, 0.5) is 0 Å². The van der Waals surface area contributed by atoms with E-state index in [2.05, 4.69) is 20.1 Å². The van der Waals surface area contributed by atoms with E-state index in [9.17, 15) is 4.79 Å². The van der Waals surface area contributed by atoms with E-state index in [1.165, 1.54) is 25.9 Å². The zero-order valence-electron chi connectivity index (χ0n) is 16.6. The summed E-state index contributed by atoms with van der Waals surface area (Å²) in [6, 6.07) is 7.68. The van der Waals surface area contributed by atoms with E-state index in [1.54, 1.807) is 7.05 Å². The second-order valence-corrected chi connectivity index (χ2v) is 7.68. The number of carbonyl (C=O) groups excluding carboxylic acids is 1. The Morgan fingerprint density at radius 1 is 1.14 bits per heavy atom. The van der Waals surface area contributed by atoms with Crippen LogP contribution in [0.15, 0.2) is 29.3 Å². The van der Waals surface area contributed by atoms with Gasteiger partial charge in [-0.2, -0.15) is 0 Å². The van der Waals surface area contributed by atoms with Crippen LogP contribution in [0, 0.1) is 0 Å². The molecule has 1 amide bonds. The monoisotopic (exact) mass is 519 g/mol. The summed E-state index contributed by atoms with van der Waals surface area (Å²) in [7, 11) is 1.79. The van der Waals surface area contributed by atoms with Crippen molar-refractivity contribution < 1.29 is 4.79 Å². The Kier molecular flexibility index (Phi) is 9.81. The third-order valence-electron chi connectivity index (χ3n) is 5.25. The third kappa shape index (κ3) is 6.77. The fourth-order valence-electron chi connectivity index (χ4n) is 3.71. The summed E-state index contributed by atoms with van der Waals surface area (Å²) in [6.07, 6.45) is 3.76. The first-order valence-corrected chi connectivity index (χ1v) is 10.2. The lowest BCUT2D eigenvalue weighted by Gasteiger charge is -2.36. The van der Waals surface area contributed by atoms with Crippen molar-refractivity contribution in [3.8, 4) is 0 Å². The van der Waals surface area contributed by atoms with E-state index in [1.807, 2.05) is 29.2 Å². The molecule has 28 heavy (non-hydrogen) atoms. The molecule has 2 fully saturated rings. The Morgan fingerprint density at radius 2 is 1.86 bits per heavy atom. The number of halogens is 2. The van der Waals surface area contributed by atoms with Crippen molar-refractivity contribution in [1.29, 1.82) is 0 Å². The average Bonchev–Trinajstić information content (AvgIpc) is 3.19. The number of nitrogens with one attached hydrogen (secondary N) is 1. The zero-order chi connectivity index (χ0) is 19.1. The van der Waals surface area contributed by atoms with Crippen LogP contribution >= 0.6 is 35.6 Å². The number of nitrogens with zero attached hydrogens (tertiary/aromatic N) is 4. The lowest BCUT2D eigenvalue weighted by molar-refractivity contribution is -0.135. The van der Waals surface area contributed by atoms with Crippen LogP contribution in [0.5, 0.6) is 0 Å². The number of likely N-dealkylation sites (tertiary alicyclic amines) is 1. The lowest BCUT2D eigenvalue weighted by Crippen LogP contribution is -2.55. The lowest BCUT2D eigenvalue weighted by atomic mass is 10.2. The van der Waals surface area contributed by atoms with Gasteiger partial charge in [-0.15, -0.1) is 24.0 Å². The molecule has 0 bridgehead atoms. The van der Waals surface area contributed by atoms with Crippen molar-refractivity contribution in [2.45, 2.75) is 25.8 Å². The Morgan fingerprint density at radius 3 is 2.50 bits per heavy atom. The molecule has 0 aliphatic carbocycles. The highest BCUT2D eigenvalue weighted by atomic mass is 127. The van der Waals surface area contributed by atoms with E-state index in [-0.39, 0.29) is 29.9 Å². The van der Waals surface area contributed by atoms with Crippen LogP contribution in [0.3, 0.4) is 0 Å². The minimum absolute atomic E-state index is 0. The van der Waals surface area contributed by atoms with Gasteiger partial charge in [0, 0.05) is 38.2 Å². The number of rotatable bonds is 6.